The van der Waals surface area contributed by atoms with Gasteiger partial charge in [0.05, 0.1) is 71.7 Å². The van der Waals surface area contributed by atoms with Crippen molar-refractivity contribution >= 4 is 76.1 Å². The predicted octanol–water partition coefficient (Wildman–Crippen LogP) is 9.61. The van der Waals surface area contributed by atoms with E-state index < -0.39 is 67.0 Å². The molecule has 0 saturated carbocycles. The fourth-order valence-electron chi connectivity index (χ4n) is 10.5. The number of fused-ring (bicyclic) bond motifs is 2. The van der Waals surface area contributed by atoms with E-state index in [0.29, 0.717) is 33.9 Å². The van der Waals surface area contributed by atoms with E-state index >= 15 is 0 Å². The summed E-state index contributed by atoms with van der Waals surface area (Å²) in [6.45, 7) is -3.36. The molecule has 2 N–H and O–H groups in total. The van der Waals surface area contributed by atoms with E-state index in [1.807, 2.05) is 84.9 Å². The number of rotatable bonds is 26. The number of ether oxygens (including phenoxy) is 6. The Hall–Kier alpha value is -9.22. The third-order valence-electron chi connectivity index (χ3n) is 15.0. The molecule has 0 bridgehead atoms. The average molecular weight is 1240 g/mol. The third-order valence-corrected chi connectivity index (χ3v) is 17.3. The number of nitrogens with zero attached hydrogens (tertiary/aromatic N) is 9. The molecule has 4 aromatic heterocycles. The van der Waals surface area contributed by atoms with Crippen LogP contribution < -0.4 is 20.1 Å². The number of nitrogens with one attached hydrogen (secondary N) is 2. The van der Waals surface area contributed by atoms with Crippen LogP contribution in [-0.2, 0) is 59.5 Å². The van der Waals surface area contributed by atoms with Gasteiger partial charge in [-0.25, -0.2) is 29.9 Å². The fraction of sp³-hybridized carbons (Fsp3) is 0.286. The summed E-state index contributed by atoms with van der Waals surface area (Å²) in [6.07, 6.45) is -0.322. The molecule has 26 heteroatoms. The van der Waals surface area contributed by atoms with Crippen molar-refractivity contribution < 1.29 is 61.2 Å². The summed E-state index contributed by atoms with van der Waals surface area (Å²) in [6, 6.07) is 44.2. The fourth-order valence-corrected chi connectivity index (χ4v) is 12.7. The number of benzene rings is 5. The monoisotopic (exact) mass is 1240 g/mol. The first-order valence-electron chi connectivity index (χ1n) is 28.4. The molecule has 2 aliphatic heterocycles. The topological polar surface area (TPSA) is 286 Å². The van der Waals surface area contributed by atoms with E-state index in [9.17, 15) is 24.4 Å². The Balaban J connectivity index is 0.925. The molecular formula is C63H60N11O13PS. The van der Waals surface area contributed by atoms with E-state index in [1.165, 1.54) is 32.2 Å². The Kier molecular flexibility index (Phi) is 19.2. The molecule has 24 nitrogen and oxygen atoms in total. The summed E-state index contributed by atoms with van der Waals surface area (Å²) >= 11 is 6.31. The van der Waals surface area contributed by atoms with Gasteiger partial charge in [0, 0.05) is 30.4 Å². The summed E-state index contributed by atoms with van der Waals surface area (Å²) in [5.74, 6) is -0.0866. The van der Waals surface area contributed by atoms with Crippen molar-refractivity contribution in [2.75, 3.05) is 44.7 Å². The molecular weight excluding hydrogens is 1180 g/mol. The number of imidazole rings is 2. The first kappa shape index (κ1) is 61.4. The summed E-state index contributed by atoms with van der Waals surface area (Å²) in [5, 5.41) is 15.5. The average Bonchev–Trinajstić information content (AvgIpc) is 2.17. The number of carbonyl (C=O) groups is 4. The van der Waals surface area contributed by atoms with Crippen molar-refractivity contribution in [2.45, 2.75) is 81.5 Å². The second kappa shape index (κ2) is 27.9. The van der Waals surface area contributed by atoms with Crippen molar-refractivity contribution in [1.82, 2.24) is 39.0 Å². The number of Topliss-reactive ketones (excluding diaryl/α,β-unsaturated/α-hetero) is 1. The zero-order valence-corrected chi connectivity index (χ0v) is 50.1. The van der Waals surface area contributed by atoms with Crippen LogP contribution in [0.2, 0.25) is 0 Å². The molecule has 0 radical (unpaired) electrons. The summed E-state index contributed by atoms with van der Waals surface area (Å²) in [4.78, 5) is 79.1. The van der Waals surface area contributed by atoms with Crippen LogP contribution in [0.5, 0.6) is 11.5 Å². The van der Waals surface area contributed by atoms with E-state index in [0.717, 1.165) is 16.7 Å². The largest absolute Gasteiger partial charge is 0.497 e. The predicted molar refractivity (Wildman–Crippen MR) is 326 cm³/mol. The molecule has 0 spiro atoms. The van der Waals surface area contributed by atoms with Crippen LogP contribution in [0.4, 0.5) is 11.6 Å². The molecule has 6 heterocycles. The number of amides is 2. The standard InChI is InChI=1S/C63H60N11O13PS/c1-40(75)20-29-54(76)86-48-32-52(73-38-69-55-57(65-36-67-59(55)73)71-61(77)41-14-7-4-8-15-41)85-51(48)35-83-88(89,82-31-13-30-64)87-49-33-53(74-39-70-56-58(66-37-68-60(56)74)72-62(78)42-16-9-5-10-17-42)84-50(49)34-81-63(43-18-11-6-12-19-43,44-21-25-46(79-2)26-22-44)45-23-27-47(80-3)28-24-45/h4-12,14-19,21-28,36-39,48-53H,13,20,29,31-35H2,1-3H3,(H,65,67,71,77)(H,66,68,72,78)/t48-,49-,50+,51+,52+,53+,88?/m0/s1. The molecule has 89 heavy (non-hydrogen) atoms. The molecule has 2 fully saturated rings. The quantitative estimate of drug-likeness (QED) is 0.0221. The molecule has 11 rings (SSSR count). The Morgan fingerprint density at radius 2 is 1.11 bits per heavy atom. The van der Waals surface area contributed by atoms with Gasteiger partial charge in [0.15, 0.2) is 34.0 Å². The van der Waals surface area contributed by atoms with Crippen molar-refractivity contribution in [1.29, 1.82) is 5.26 Å². The molecule has 2 amide bonds. The van der Waals surface area contributed by atoms with E-state index in [2.05, 4.69) is 46.6 Å². The van der Waals surface area contributed by atoms with Crippen molar-refractivity contribution in [3.8, 4) is 17.6 Å². The van der Waals surface area contributed by atoms with Gasteiger partial charge in [0.25, 0.3) is 11.8 Å². The van der Waals surface area contributed by atoms with Crippen LogP contribution in [-0.4, -0.2) is 121 Å². The van der Waals surface area contributed by atoms with Gasteiger partial charge in [-0.15, -0.1) is 0 Å². The number of carbonyl (C=O) groups excluding carboxylic acids is 4. The molecule has 456 valence electrons. The highest BCUT2D eigenvalue weighted by molar-refractivity contribution is 8.07. The first-order chi connectivity index (χ1) is 43.3. The SMILES string of the molecule is COc1ccc(C(OC[C@H]2O[C@@H](n3cnc4c(NC(=O)c5ccccc5)ncnc43)C[C@@H]2OP(=S)(OCCC#N)OC[C@H]2O[C@@H](n3cnc4c(NC(=O)c5ccccc5)ncnc43)C[C@@H]2OC(=O)CCC(C)=O)(c2ccccc2)c2ccc(OC)cc2)cc1. The van der Waals surface area contributed by atoms with Crippen LogP contribution in [0.3, 0.4) is 0 Å². The highest BCUT2D eigenvalue weighted by atomic mass is 32.5. The Morgan fingerprint density at radius 1 is 0.629 bits per heavy atom. The lowest BCUT2D eigenvalue weighted by molar-refractivity contribution is -0.153. The third kappa shape index (κ3) is 13.9. The maximum absolute atomic E-state index is 13.4. The highest BCUT2D eigenvalue weighted by Crippen LogP contribution is 2.55. The van der Waals surface area contributed by atoms with E-state index in [4.69, 9.17) is 53.8 Å². The van der Waals surface area contributed by atoms with Crippen LogP contribution in [0.25, 0.3) is 22.3 Å². The molecule has 9 aromatic rings. The lowest BCUT2D eigenvalue weighted by Gasteiger charge is -2.37. The van der Waals surface area contributed by atoms with Crippen LogP contribution in [0.15, 0.2) is 165 Å². The number of methoxy groups -OCH3 is 2. The van der Waals surface area contributed by atoms with Crippen molar-refractivity contribution in [2.24, 2.45) is 0 Å². The van der Waals surface area contributed by atoms with Crippen LogP contribution in [0, 0.1) is 11.3 Å². The minimum atomic E-state index is -4.02. The minimum absolute atomic E-state index is 0.0469. The minimum Gasteiger partial charge on any atom is -0.497 e. The highest BCUT2D eigenvalue weighted by Gasteiger charge is 2.47. The van der Waals surface area contributed by atoms with Gasteiger partial charge in [-0.2, -0.15) is 5.26 Å². The molecule has 7 atom stereocenters. The maximum Gasteiger partial charge on any atom is 0.327 e. The van der Waals surface area contributed by atoms with Gasteiger partial charge >= 0.3 is 12.7 Å². The normalized spacial score (nSPS) is 18.9. The number of aromatic nitrogens is 8. The number of anilines is 2. The van der Waals surface area contributed by atoms with E-state index in [1.54, 1.807) is 78.0 Å². The number of nitriles is 1. The zero-order valence-electron chi connectivity index (χ0n) is 48.4. The number of hydrogen-bond acceptors (Lipinski definition) is 21. The molecule has 0 aliphatic carbocycles. The second-order valence-corrected chi connectivity index (χ2v) is 23.6. The van der Waals surface area contributed by atoms with Gasteiger partial charge in [-0.3, -0.25) is 23.5 Å². The van der Waals surface area contributed by atoms with Crippen LogP contribution >= 0.6 is 6.72 Å². The molecule has 2 saturated heterocycles. The van der Waals surface area contributed by atoms with Gasteiger partial charge < -0.3 is 57.4 Å². The second-order valence-electron chi connectivity index (χ2n) is 20.6. The van der Waals surface area contributed by atoms with Gasteiger partial charge in [0.2, 0.25) is 0 Å². The molecule has 1 unspecified atom stereocenters. The Bertz CT molecular complexity index is 4000. The van der Waals surface area contributed by atoms with Gasteiger partial charge in [-0.1, -0.05) is 91.0 Å². The first-order valence-corrected chi connectivity index (χ1v) is 30.9. The maximum atomic E-state index is 13.4. The van der Waals surface area contributed by atoms with Gasteiger partial charge in [-0.05, 0) is 84.0 Å². The Labute approximate surface area is 515 Å². The smallest absolute Gasteiger partial charge is 0.327 e. The molecule has 5 aromatic carbocycles. The Morgan fingerprint density at radius 3 is 1.61 bits per heavy atom. The lowest BCUT2D eigenvalue weighted by Crippen LogP contribution is -2.38. The molecule has 2 aliphatic rings. The van der Waals surface area contributed by atoms with E-state index in [-0.39, 0.29) is 80.4 Å². The summed E-state index contributed by atoms with van der Waals surface area (Å²) in [7, 11) is 3.18. The summed E-state index contributed by atoms with van der Waals surface area (Å²) < 4.78 is 61.6. The number of hydrogen-bond donors (Lipinski definition) is 2. The van der Waals surface area contributed by atoms with Crippen LogP contribution in [0.1, 0.15) is 88.9 Å². The van der Waals surface area contributed by atoms with Crippen molar-refractivity contribution in [3.05, 3.63) is 193 Å². The zero-order chi connectivity index (χ0) is 61.9. The number of ketones is 1. The van der Waals surface area contributed by atoms with Gasteiger partial charge in [0.1, 0.15) is 66.3 Å². The lowest BCUT2D eigenvalue weighted by atomic mass is 9.80. The summed E-state index contributed by atoms with van der Waals surface area (Å²) in [5.41, 5.74) is 2.94. The number of esters is 1. The van der Waals surface area contributed by atoms with Crippen molar-refractivity contribution in [3.63, 3.8) is 0 Å².